The lowest BCUT2D eigenvalue weighted by molar-refractivity contribution is -0.384. The Balaban J connectivity index is 1.17. The predicted octanol–water partition coefficient (Wildman–Crippen LogP) is 2.78. The van der Waals surface area contributed by atoms with Gasteiger partial charge in [-0.3, -0.25) is 24.6 Å². The number of nitro groups is 1. The van der Waals surface area contributed by atoms with E-state index in [2.05, 4.69) is 5.32 Å². The van der Waals surface area contributed by atoms with Gasteiger partial charge >= 0.3 is 0 Å². The van der Waals surface area contributed by atoms with Crippen molar-refractivity contribution in [2.45, 2.75) is 13.0 Å². The summed E-state index contributed by atoms with van der Waals surface area (Å²) in [7, 11) is 0. The number of amides is 1. The molecule has 3 heterocycles. The summed E-state index contributed by atoms with van der Waals surface area (Å²) in [6.45, 7) is 3.63. The minimum Gasteiger partial charge on any atom is -0.626 e. The van der Waals surface area contributed by atoms with Gasteiger partial charge in [0, 0.05) is 69.3 Å². The number of hydrogen-bond acceptors (Lipinski definition) is 9. The lowest BCUT2D eigenvalue weighted by Gasteiger charge is -2.38. The second-order valence-electron chi connectivity index (χ2n) is 9.84. The fourth-order valence-corrected chi connectivity index (χ4v) is 4.94. The molecular formula is C26H28FN5O7. The van der Waals surface area contributed by atoms with E-state index in [1.54, 1.807) is 12.1 Å². The second-order valence-corrected chi connectivity index (χ2v) is 9.84. The van der Waals surface area contributed by atoms with Crippen LogP contribution in [0.1, 0.15) is 17.5 Å². The number of rotatable bonds is 8. The zero-order valence-electron chi connectivity index (χ0n) is 21.3. The third-order valence-electron chi connectivity index (χ3n) is 7.06. The fraction of sp³-hybridized carbons (Fsp3) is 0.385. The smallest absolute Gasteiger partial charge is 0.270 e. The van der Waals surface area contributed by atoms with Crippen LogP contribution in [-0.4, -0.2) is 80.2 Å². The first-order valence-corrected chi connectivity index (χ1v) is 12.5. The van der Waals surface area contributed by atoms with Crippen molar-refractivity contribution >= 4 is 39.7 Å². The third-order valence-corrected chi connectivity index (χ3v) is 7.06. The van der Waals surface area contributed by atoms with Gasteiger partial charge in [-0.1, -0.05) is 0 Å². The van der Waals surface area contributed by atoms with Crippen LogP contribution in [0.25, 0.3) is 11.0 Å². The highest BCUT2D eigenvalue weighted by molar-refractivity contribution is 5.99. The molecule has 0 bridgehead atoms. The molecule has 2 saturated heterocycles. The molecule has 2 aliphatic rings. The molecule has 0 aliphatic carbocycles. The van der Waals surface area contributed by atoms with Gasteiger partial charge in [0.05, 0.1) is 17.2 Å². The van der Waals surface area contributed by atoms with Gasteiger partial charge in [0.25, 0.3) is 5.69 Å². The van der Waals surface area contributed by atoms with Crippen LogP contribution >= 0.6 is 0 Å². The Labute approximate surface area is 222 Å². The predicted molar refractivity (Wildman–Crippen MR) is 141 cm³/mol. The number of quaternary nitrogens is 1. The van der Waals surface area contributed by atoms with Gasteiger partial charge in [-0.25, -0.2) is 4.39 Å². The van der Waals surface area contributed by atoms with Crippen LogP contribution in [0, 0.1) is 21.1 Å². The van der Waals surface area contributed by atoms with Crippen molar-refractivity contribution in [3.8, 4) is 0 Å². The summed E-state index contributed by atoms with van der Waals surface area (Å²) in [5.74, 6) is -0.828. The number of non-ortho nitro benzene ring substituents is 1. The Morgan fingerprint density at radius 2 is 1.92 bits per heavy atom. The number of ketones is 1. The Morgan fingerprint density at radius 3 is 2.62 bits per heavy atom. The Hall–Kier alpha value is -3.91. The molecule has 0 spiro atoms. The quantitative estimate of drug-likeness (QED) is 0.150. The summed E-state index contributed by atoms with van der Waals surface area (Å²) in [6, 6.07) is 10.1. The number of hydroxylamine groups is 2. The Bertz CT molecular complexity index is 1420. The first-order chi connectivity index (χ1) is 18.6. The number of carbonyl (C=O) groups excluding carboxylic acids is 2. The number of piperazine rings is 1. The van der Waals surface area contributed by atoms with Gasteiger partial charge < -0.3 is 29.2 Å². The number of nitrogens with zero attached hydrogens (tertiary/aromatic N) is 4. The Kier molecular flexibility index (Phi) is 7.32. The van der Waals surface area contributed by atoms with Crippen LogP contribution in [-0.2, 0) is 9.53 Å². The molecule has 13 heteroatoms. The largest absolute Gasteiger partial charge is 0.626 e. The number of nitrogens with one attached hydrogen (secondary N) is 1. The standard InChI is InChI=1S/C26H28FN5O7/c1-17(33)28-13-21-15-32(37,16-38-21)20-3-4-23(22(27)12-20)30-8-6-29(7-9-30)14-24(34)26-11-18-10-19(31(35)36)2-5-25(18)39-26/h2-5,10-12,21H,6-9,13-16H2,1H3,(H,28,33). The Morgan fingerprint density at radius 1 is 1.15 bits per heavy atom. The molecule has 1 aromatic heterocycles. The molecule has 2 fully saturated rings. The first-order valence-electron chi connectivity index (χ1n) is 12.5. The summed E-state index contributed by atoms with van der Waals surface area (Å²) in [5.41, 5.74) is 0.955. The van der Waals surface area contributed by atoms with Crippen molar-refractivity contribution in [2.24, 2.45) is 0 Å². The van der Waals surface area contributed by atoms with Crippen molar-refractivity contribution in [1.29, 1.82) is 0 Å². The lowest BCUT2D eigenvalue weighted by atomic mass is 10.2. The lowest BCUT2D eigenvalue weighted by Crippen LogP contribution is -2.48. The minimum atomic E-state index is -0.827. The van der Waals surface area contributed by atoms with Gasteiger partial charge in [-0.2, -0.15) is 0 Å². The maximum atomic E-state index is 15.1. The fourth-order valence-electron chi connectivity index (χ4n) is 4.94. The number of Topliss-reactive ketones (excluding diaryl/α,β-unsaturated/α-hetero) is 1. The van der Waals surface area contributed by atoms with Crippen molar-refractivity contribution < 1.29 is 28.1 Å². The van der Waals surface area contributed by atoms with Gasteiger partial charge in [0.2, 0.25) is 11.7 Å². The monoisotopic (exact) mass is 541 g/mol. The van der Waals surface area contributed by atoms with E-state index in [0.29, 0.717) is 42.8 Å². The van der Waals surface area contributed by atoms with E-state index < -0.39 is 21.5 Å². The van der Waals surface area contributed by atoms with E-state index in [1.807, 2.05) is 9.80 Å². The van der Waals surface area contributed by atoms with Crippen LogP contribution in [0.5, 0.6) is 0 Å². The molecule has 12 nitrogen and oxygen atoms in total. The van der Waals surface area contributed by atoms with Gasteiger partial charge in [-0.05, 0) is 18.2 Å². The maximum absolute atomic E-state index is 15.1. The molecule has 39 heavy (non-hydrogen) atoms. The average molecular weight is 542 g/mol. The van der Waals surface area contributed by atoms with Crippen LogP contribution in [0.4, 0.5) is 21.5 Å². The van der Waals surface area contributed by atoms with Crippen molar-refractivity contribution in [1.82, 2.24) is 14.9 Å². The number of nitro benzene ring substituents is 1. The number of carbonyl (C=O) groups is 2. The number of hydrogen-bond donors (Lipinski definition) is 1. The summed E-state index contributed by atoms with van der Waals surface area (Å²) in [4.78, 5) is 38.2. The van der Waals surface area contributed by atoms with Crippen LogP contribution < -0.4 is 14.9 Å². The highest BCUT2D eigenvalue weighted by Crippen LogP contribution is 2.32. The summed E-state index contributed by atoms with van der Waals surface area (Å²) in [5, 5.41) is 27.3. The van der Waals surface area contributed by atoms with Crippen molar-refractivity contribution in [3.63, 3.8) is 0 Å². The number of benzene rings is 2. The molecule has 2 atom stereocenters. The third kappa shape index (κ3) is 5.76. The number of fused-ring (bicyclic) bond motifs is 1. The van der Waals surface area contributed by atoms with Gasteiger partial charge in [0.1, 0.15) is 23.9 Å². The summed E-state index contributed by atoms with van der Waals surface area (Å²) in [6.07, 6.45) is -0.442. The SMILES string of the molecule is CC(=O)NCC1C[N+]([O-])(c2ccc(N3CCN(CC(=O)c4cc5cc([N+](=O)[O-])ccc5o4)CC3)c(F)c2)CO1. The molecule has 0 saturated carbocycles. The van der Waals surface area contributed by atoms with Crippen LogP contribution in [0.3, 0.4) is 0 Å². The van der Waals surface area contributed by atoms with Crippen molar-refractivity contribution in [3.05, 3.63) is 69.4 Å². The minimum absolute atomic E-state index is 0.0773. The topological polar surface area (TPSA) is 141 Å². The zero-order chi connectivity index (χ0) is 27.7. The molecule has 1 amide bonds. The highest BCUT2D eigenvalue weighted by Gasteiger charge is 2.35. The van der Waals surface area contributed by atoms with E-state index in [0.717, 1.165) is 0 Å². The number of ether oxygens (including phenoxy) is 1. The molecule has 5 rings (SSSR count). The van der Waals surface area contributed by atoms with Gasteiger partial charge in [-0.15, -0.1) is 0 Å². The first kappa shape index (κ1) is 26.7. The second kappa shape index (κ2) is 10.7. The van der Waals surface area contributed by atoms with Crippen molar-refractivity contribution in [2.75, 3.05) is 57.4 Å². The van der Waals surface area contributed by atoms with Crippen LogP contribution in [0.15, 0.2) is 46.9 Å². The molecule has 2 aliphatic heterocycles. The van der Waals surface area contributed by atoms with E-state index in [9.17, 15) is 24.9 Å². The molecule has 2 unspecified atom stereocenters. The van der Waals surface area contributed by atoms with Gasteiger partial charge in [0.15, 0.2) is 18.3 Å². The van der Waals surface area contributed by atoms with E-state index in [1.165, 1.54) is 37.3 Å². The number of furan rings is 1. The normalized spacial score (nSPS) is 21.8. The van der Waals surface area contributed by atoms with Crippen LogP contribution in [0.2, 0.25) is 0 Å². The molecule has 0 radical (unpaired) electrons. The average Bonchev–Trinajstić information content (AvgIpc) is 3.52. The zero-order valence-corrected chi connectivity index (χ0v) is 21.3. The van der Waals surface area contributed by atoms with E-state index >= 15 is 4.39 Å². The summed E-state index contributed by atoms with van der Waals surface area (Å²) < 4.78 is 25.4. The maximum Gasteiger partial charge on any atom is 0.270 e. The summed E-state index contributed by atoms with van der Waals surface area (Å²) >= 11 is 0. The highest BCUT2D eigenvalue weighted by atomic mass is 19.1. The molecule has 206 valence electrons. The molecule has 2 aromatic carbocycles. The number of halogens is 1. The number of anilines is 1. The molecule has 1 N–H and O–H groups in total. The molecule has 3 aromatic rings. The van der Waals surface area contributed by atoms with E-state index in [4.69, 9.17) is 9.15 Å². The molecular weight excluding hydrogens is 513 g/mol. The van der Waals surface area contributed by atoms with E-state index in [-0.39, 0.29) is 55.2 Å².